The van der Waals surface area contributed by atoms with Crippen LogP contribution in [0.2, 0.25) is 0 Å². The molecule has 0 rings (SSSR count). The number of rotatable bonds is 3. The number of hydrogen-bond acceptors (Lipinski definition) is 12. The third-order valence-corrected chi connectivity index (χ3v) is 0.800. The molecule has 24 heteroatoms. The average Bonchev–Trinajstić information content (AvgIpc) is 2.18. The van der Waals surface area contributed by atoms with Crippen molar-refractivity contribution < 1.29 is 293 Å². The zero-order valence-electron chi connectivity index (χ0n) is 13.9. The number of aliphatic hydroxyl groups excluding tert-OH is 6. The van der Waals surface area contributed by atoms with Crippen LogP contribution in [0.15, 0.2) is 0 Å². The van der Waals surface area contributed by atoms with Crippen LogP contribution < -0.4 is 0 Å². The van der Waals surface area contributed by atoms with Crippen molar-refractivity contribution in [3.8, 4) is 0 Å². The Morgan fingerprint density at radius 2 is 0.233 bits per heavy atom. The van der Waals surface area contributed by atoms with Gasteiger partial charge in [0.25, 0.3) is 0 Å². The van der Waals surface area contributed by atoms with Crippen molar-refractivity contribution in [2.24, 2.45) is 0 Å². The molecule has 0 unspecified atom stereocenters. The van der Waals surface area contributed by atoms with Gasteiger partial charge in [-0.05, 0) is 0 Å². The molecule has 0 spiro atoms. The fourth-order valence-electron chi connectivity index (χ4n) is 0. The minimum absolute atomic E-state index is 0. The molecule has 0 atom stereocenters. The summed E-state index contributed by atoms with van der Waals surface area (Å²) in [6.07, 6.45) is -12.2. The van der Waals surface area contributed by atoms with Crippen molar-refractivity contribution >= 4 is 0 Å². The topological polar surface area (TPSA) is 495 Å². The summed E-state index contributed by atoms with van der Waals surface area (Å²) in [7, 11) is 0. The molecule has 0 aromatic heterocycles. The van der Waals surface area contributed by atoms with Gasteiger partial charge in [0.2, 0.25) is 37.7 Å². The summed E-state index contributed by atoms with van der Waals surface area (Å²) in [5.74, 6) is 0. The van der Waals surface area contributed by atoms with Gasteiger partial charge in [-0.3, -0.25) is 0 Å². The van der Waals surface area contributed by atoms with Crippen LogP contribution in [0.5, 0.6) is 0 Å². The second-order valence-electron chi connectivity index (χ2n) is 2.48. The van der Waals surface area contributed by atoms with Gasteiger partial charge >= 0.3 is 0 Å². The molecular weight excluding hydrogens is 1080 g/mol. The van der Waals surface area contributed by atoms with Gasteiger partial charge in [-0.1, -0.05) is 0 Å². The van der Waals surface area contributed by atoms with Gasteiger partial charge < -0.3 is 105 Å². The van der Waals surface area contributed by atoms with Crippen molar-refractivity contribution in [2.75, 3.05) is 0 Å². The third kappa shape index (κ3) is 116. The summed E-state index contributed by atoms with van der Waals surface area (Å²) in [5, 5.41) is 92.2. The molecule has 0 aliphatic carbocycles. The van der Waals surface area contributed by atoms with E-state index in [1.54, 1.807) is 0 Å². The molecular formula is C6H34O20Yb4. The van der Waals surface area contributed by atoms with E-state index < -0.39 is 37.7 Å². The van der Waals surface area contributed by atoms with E-state index in [1.807, 2.05) is 0 Å². The number of aliphatic hydroxyl groups is 12. The smallest absolute Gasteiger partial charge is 0.204 e. The summed E-state index contributed by atoms with van der Waals surface area (Å²) < 4.78 is 0. The van der Waals surface area contributed by atoms with Gasteiger partial charge in [-0.15, -0.1) is 0 Å². The van der Waals surface area contributed by atoms with Crippen LogP contribution in [-0.2, 0) is 0 Å². The standard InChI is InChI=1S/3C2H6O4.8H2O.4Yb/c3*3-1(4)2(5)6;;;;;;;;;;;;/h3*1-6H;8*1H2;;;;. The van der Waals surface area contributed by atoms with E-state index in [9.17, 15) is 0 Å². The molecule has 0 bridgehead atoms. The molecule has 0 saturated carbocycles. The molecule has 0 aliphatic rings. The summed E-state index contributed by atoms with van der Waals surface area (Å²) >= 11 is 0. The molecule has 20 nitrogen and oxygen atoms in total. The van der Waals surface area contributed by atoms with E-state index in [0.29, 0.717) is 0 Å². The van der Waals surface area contributed by atoms with E-state index in [1.165, 1.54) is 0 Å². The molecule has 0 fully saturated rings. The maximum atomic E-state index is 7.69. The predicted molar refractivity (Wildman–Crippen MR) is 78.3 cm³/mol. The maximum absolute atomic E-state index is 7.69. The fraction of sp³-hybridized carbons (Fsp3) is 1.00. The van der Waals surface area contributed by atoms with E-state index in [0.717, 1.165) is 0 Å². The van der Waals surface area contributed by atoms with Crippen LogP contribution in [0.3, 0.4) is 0 Å². The second kappa shape index (κ2) is 70.1. The largest absolute Gasteiger partial charge is 0.412 e. The Morgan fingerprint density at radius 1 is 0.200 bits per heavy atom. The molecule has 0 amide bonds. The Kier molecular flexibility index (Phi) is 235. The average molecular weight is 1120 g/mol. The van der Waals surface area contributed by atoms with Gasteiger partial charge in [-0.2, -0.15) is 0 Å². The monoisotopic (exact) mass is 1120 g/mol. The molecule has 0 aromatic carbocycles. The molecule has 30 heavy (non-hydrogen) atoms. The minimum atomic E-state index is -2.04. The van der Waals surface area contributed by atoms with Gasteiger partial charge in [-0.25, -0.2) is 0 Å². The quantitative estimate of drug-likeness (QED) is 0.117. The first-order chi connectivity index (χ1) is 7.93. The van der Waals surface area contributed by atoms with Crippen molar-refractivity contribution in [3.05, 3.63) is 0 Å². The SMILES string of the molecule is O.O.O.O.O.O.O.O.OC(O)C(O)O.OC(O)C(O)O.OC(O)C(O)O.[Yb].[Yb].[Yb].[Yb]. The Morgan fingerprint density at radius 3 is 0.233 bits per heavy atom. The Hall–Kier alpha value is 5.28. The first-order valence-corrected chi connectivity index (χ1v) is 4.10. The zero-order valence-corrected chi connectivity index (χ0v) is 20.8. The second-order valence-corrected chi connectivity index (χ2v) is 2.48. The van der Waals surface area contributed by atoms with Crippen molar-refractivity contribution in [2.45, 2.75) is 37.7 Å². The molecule has 0 saturated heterocycles. The number of hydrogen-bond donors (Lipinski definition) is 12. The van der Waals surface area contributed by atoms with Crippen LogP contribution >= 0.6 is 0 Å². The third-order valence-electron chi connectivity index (χ3n) is 0.800. The van der Waals surface area contributed by atoms with Gasteiger partial charge in [0.1, 0.15) is 0 Å². The molecule has 234 valence electrons. The van der Waals surface area contributed by atoms with Crippen LogP contribution in [0.25, 0.3) is 0 Å². The fourth-order valence-corrected chi connectivity index (χ4v) is 0. The van der Waals surface area contributed by atoms with E-state index in [-0.39, 0.29) is 232 Å². The predicted octanol–water partition coefficient (Wildman–Crippen LogP) is -13.8. The minimum Gasteiger partial charge on any atom is -0.412 e. The molecule has 0 aromatic rings. The van der Waals surface area contributed by atoms with Gasteiger partial charge in [0.05, 0.1) is 0 Å². The molecule has 28 N–H and O–H groups in total. The first kappa shape index (κ1) is 101. The Bertz CT molecular complexity index is 129. The summed E-state index contributed by atoms with van der Waals surface area (Å²) in [4.78, 5) is 0. The summed E-state index contributed by atoms with van der Waals surface area (Å²) in [5.41, 5.74) is 0. The Labute approximate surface area is 323 Å². The van der Waals surface area contributed by atoms with E-state index in [4.69, 9.17) is 61.3 Å². The Balaban J connectivity index is -0.00000000721. The van der Waals surface area contributed by atoms with Crippen LogP contribution in [-0.4, -0.2) is 143 Å². The van der Waals surface area contributed by atoms with E-state index in [2.05, 4.69) is 0 Å². The molecule has 0 aliphatic heterocycles. The molecule has 0 heterocycles. The van der Waals surface area contributed by atoms with Crippen molar-refractivity contribution in [3.63, 3.8) is 0 Å². The van der Waals surface area contributed by atoms with Gasteiger partial charge in [0.15, 0.2) is 0 Å². The first-order valence-electron chi connectivity index (χ1n) is 4.10. The zero-order chi connectivity index (χ0) is 15.5. The van der Waals surface area contributed by atoms with E-state index >= 15 is 0 Å². The maximum Gasteiger partial charge on any atom is 0.204 e. The summed E-state index contributed by atoms with van der Waals surface area (Å²) in [6.45, 7) is 0. The van der Waals surface area contributed by atoms with Crippen molar-refractivity contribution in [1.29, 1.82) is 0 Å². The van der Waals surface area contributed by atoms with Crippen LogP contribution in [0, 0.1) is 188 Å². The van der Waals surface area contributed by atoms with Crippen molar-refractivity contribution in [1.82, 2.24) is 0 Å². The van der Waals surface area contributed by atoms with Crippen LogP contribution in [0.4, 0.5) is 0 Å². The van der Waals surface area contributed by atoms with Crippen LogP contribution in [0.1, 0.15) is 0 Å². The van der Waals surface area contributed by atoms with Gasteiger partial charge in [0, 0.05) is 188 Å². The summed E-state index contributed by atoms with van der Waals surface area (Å²) in [6, 6.07) is 0. The molecule has 0 radical (unpaired) electrons. The normalized spacial score (nSPS) is 6.60.